The van der Waals surface area contributed by atoms with Crippen molar-refractivity contribution in [2.24, 2.45) is 0 Å². The van der Waals surface area contributed by atoms with Gasteiger partial charge in [0, 0.05) is 18.6 Å². The van der Waals surface area contributed by atoms with E-state index in [1.54, 1.807) is 50.2 Å². The number of anilines is 1. The molecule has 3 rings (SSSR count). The van der Waals surface area contributed by atoms with Crippen LogP contribution in [0.5, 0.6) is 0 Å². The fourth-order valence-corrected chi connectivity index (χ4v) is 5.54. The van der Waals surface area contributed by atoms with Gasteiger partial charge in [-0.15, -0.1) is 0 Å². The van der Waals surface area contributed by atoms with Gasteiger partial charge in [-0.05, 0) is 62.2 Å². The predicted molar refractivity (Wildman–Crippen MR) is 142 cm³/mol. The molecule has 0 aliphatic rings. The number of carbonyl (C=O) groups is 2. The Morgan fingerprint density at radius 2 is 1.61 bits per heavy atom. The molecule has 0 spiro atoms. The lowest BCUT2D eigenvalue weighted by molar-refractivity contribution is -0.139. The summed E-state index contributed by atoms with van der Waals surface area (Å²) in [7, 11) is -2.61. The van der Waals surface area contributed by atoms with E-state index in [2.05, 4.69) is 5.32 Å². The molecular weight excluding hydrogens is 498 g/mol. The van der Waals surface area contributed by atoms with Gasteiger partial charge in [-0.1, -0.05) is 59.6 Å². The van der Waals surface area contributed by atoms with E-state index in [9.17, 15) is 18.0 Å². The van der Waals surface area contributed by atoms with E-state index in [-0.39, 0.29) is 17.3 Å². The summed E-state index contributed by atoms with van der Waals surface area (Å²) < 4.78 is 28.5. The SMILES string of the molecule is CNC(=O)C(C)N(Cc1ccc(C)cc1)C(=O)CN(c1ccc(Cl)cc1C)S(=O)(=O)c1ccccc1. The first kappa shape index (κ1) is 27.2. The predicted octanol–water partition coefficient (Wildman–Crippen LogP) is 4.32. The average molecular weight is 528 g/mol. The van der Waals surface area contributed by atoms with Crippen LogP contribution in [0, 0.1) is 13.8 Å². The molecule has 0 radical (unpaired) electrons. The highest BCUT2D eigenvalue weighted by Crippen LogP contribution is 2.29. The van der Waals surface area contributed by atoms with Crippen LogP contribution < -0.4 is 9.62 Å². The summed E-state index contributed by atoms with van der Waals surface area (Å²) in [5.74, 6) is -0.865. The molecular formula is C27H30ClN3O4S. The number of carbonyl (C=O) groups excluding carboxylic acids is 2. The van der Waals surface area contributed by atoms with Gasteiger partial charge in [0.05, 0.1) is 10.6 Å². The number of sulfonamides is 1. The highest BCUT2D eigenvalue weighted by atomic mass is 35.5. The lowest BCUT2D eigenvalue weighted by Gasteiger charge is -2.32. The lowest BCUT2D eigenvalue weighted by atomic mass is 10.1. The number of aryl methyl sites for hydroxylation is 2. The first-order valence-corrected chi connectivity index (χ1v) is 13.3. The van der Waals surface area contributed by atoms with Crippen LogP contribution in [0.2, 0.25) is 5.02 Å². The number of amides is 2. The molecule has 0 fully saturated rings. The Morgan fingerprint density at radius 1 is 0.972 bits per heavy atom. The Labute approximate surface area is 217 Å². The van der Waals surface area contributed by atoms with Crippen molar-refractivity contribution in [2.45, 2.75) is 38.3 Å². The van der Waals surface area contributed by atoms with Crippen LogP contribution >= 0.6 is 11.6 Å². The summed E-state index contributed by atoms with van der Waals surface area (Å²) in [5.41, 5.74) is 2.82. The molecule has 1 unspecified atom stereocenters. The number of nitrogens with one attached hydrogen (secondary N) is 1. The van der Waals surface area contributed by atoms with E-state index in [1.807, 2.05) is 31.2 Å². The molecule has 0 aliphatic heterocycles. The van der Waals surface area contributed by atoms with Crippen LogP contribution in [0.15, 0.2) is 77.7 Å². The van der Waals surface area contributed by atoms with Crippen LogP contribution in [0.4, 0.5) is 5.69 Å². The maximum Gasteiger partial charge on any atom is 0.264 e. The normalized spacial score (nSPS) is 12.0. The zero-order valence-electron chi connectivity index (χ0n) is 20.7. The number of rotatable bonds is 9. The lowest BCUT2D eigenvalue weighted by Crippen LogP contribution is -2.50. The van der Waals surface area contributed by atoms with Crippen molar-refractivity contribution < 1.29 is 18.0 Å². The van der Waals surface area contributed by atoms with Gasteiger partial charge < -0.3 is 10.2 Å². The molecule has 0 aromatic heterocycles. The van der Waals surface area contributed by atoms with Gasteiger partial charge in [0.2, 0.25) is 11.8 Å². The van der Waals surface area contributed by atoms with Gasteiger partial charge in [0.15, 0.2) is 0 Å². The standard InChI is InChI=1S/C27H30ClN3O4S/c1-19-10-12-22(13-11-19)17-30(21(3)27(33)29-4)26(32)18-31(25-15-14-23(28)16-20(25)2)36(34,35)24-8-6-5-7-9-24/h5-16,21H,17-18H2,1-4H3,(H,29,33). The fraction of sp³-hybridized carbons (Fsp3) is 0.259. The van der Waals surface area contributed by atoms with E-state index in [0.29, 0.717) is 16.3 Å². The molecule has 2 amide bonds. The first-order chi connectivity index (χ1) is 17.0. The van der Waals surface area contributed by atoms with E-state index >= 15 is 0 Å². The molecule has 1 N–H and O–H groups in total. The topological polar surface area (TPSA) is 86.8 Å². The van der Waals surface area contributed by atoms with E-state index in [1.165, 1.54) is 24.1 Å². The zero-order chi connectivity index (χ0) is 26.5. The second kappa shape index (κ2) is 11.6. The van der Waals surface area contributed by atoms with Crippen LogP contribution in [0.3, 0.4) is 0 Å². The van der Waals surface area contributed by atoms with Gasteiger partial charge in [0.25, 0.3) is 10.0 Å². The molecule has 3 aromatic carbocycles. The molecule has 0 saturated carbocycles. The van der Waals surface area contributed by atoms with Gasteiger partial charge in [0.1, 0.15) is 12.6 Å². The molecule has 9 heteroatoms. The number of nitrogens with zero attached hydrogens (tertiary/aromatic N) is 2. The number of benzene rings is 3. The van der Waals surface area contributed by atoms with Crippen molar-refractivity contribution in [1.82, 2.24) is 10.2 Å². The summed E-state index contributed by atoms with van der Waals surface area (Å²) in [6, 6.07) is 19.5. The number of halogens is 1. The Hall–Kier alpha value is -3.36. The summed E-state index contributed by atoms with van der Waals surface area (Å²) in [6.45, 7) is 4.96. The Bertz CT molecular complexity index is 1330. The number of hydrogen-bond acceptors (Lipinski definition) is 4. The molecule has 0 bridgehead atoms. The number of likely N-dealkylation sites (N-methyl/N-ethyl adjacent to an activating group) is 1. The van der Waals surface area contributed by atoms with Gasteiger partial charge in [-0.25, -0.2) is 8.42 Å². The average Bonchev–Trinajstić information content (AvgIpc) is 2.86. The third kappa shape index (κ3) is 6.25. The summed E-state index contributed by atoms with van der Waals surface area (Å²) in [6.07, 6.45) is 0. The van der Waals surface area contributed by atoms with Gasteiger partial charge >= 0.3 is 0 Å². The minimum absolute atomic E-state index is 0.0524. The molecule has 0 aliphatic carbocycles. The smallest absolute Gasteiger partial charge is 0.264 e. The Morgan fingerprint density at radius 3 is 2.19 bits per heavy atom. The van der Waals surface area contributed by atoms with Crippen molar-refractivity contribution in [3.05, 3.63) is 94.5 Å². The van der Waals surface area contributed by atoms with Crippen molar-refractivity contribution in [2.75, 3.05) is 17.9 Å². The van der Waals surface area contributed by atoms with Crippen LogP contribution in [-0.2, 0) is 26.2 Å². The van der Waals surface area contributed by atoms with Crippen LogP contribution in [0.1, 0.15) is 23.6 Å². The molecule has 3 aromatic rings. The maximum absolute atomic E-state index is 13.7. The second-order valence-corrected chi connectivity index (χ2v) is 10.9. The van der Waals surface area contributed by atoms with Crippen molar-refractivity contribution in [3.63, 3.8) is 0 Å². The van der Waals surface area contributed by atoms with Crippen LogP contribution in [0.25, 0.3) is 0 Å². The monoisotopic (exact) mass is 527 g/mol. The maximum atomic E-state index is 13.7. The summed E-state index contributed by atoms with van der Waals surface area (Å²) >= 11 is 6.12. The molecule has 190 valence electrons. The summed E-state index contributed by atoms with van der Waals surface area (Å²) in [4.78, 5) is 27.7. The fourth-order valence-electron chi connectivity index (χ4n) is 3.81. The zero-order valence-corrected chi connectivity index (χ0v) is 22.3. The molecule has 7 nitrogen and oxygen atoms in total. The Balaban J connectivity index is 2.05. The minimum atomic E-state index is -4.11. The van der Waals surface area contributed by atoms with Gasteiger partial charge in [-0.3, -0.25) is 13.9 Å². The third-order valence-corrected chi connectivity index (χ3v) is 7.93. The molecule has 0 saturated heterocycles. The van der Waals surface area contributed by atoms with Crippen LogP contribution in [-0.4, -0.2) is 44.8 Å². The van der Waals surface area contributed by atoms with Crippen molar-refractivity contribution in [3.8, 4) is 0 Å². The van der Waals surface area contributed by atoms with E-state index in [4.69, 9.17) is 11.6 Å². The van der Waals surface area contributed by atoms with Crippen molar-refractivity contribution >= 4 is 39.1 Å². The highest BCUT2D eigenvalue weighted by molar-refractivity contribution is 7.92. The highest BCUT2D eigenvalue weighted by Gasteiger charge is 2.32. The Kier molecular flexibility index (Phi) is 8.76. The molecule has 0 heterocycles. The third-order valence-electron chi connectivity index (χ3n) is 5.92. The van der Waals surface area contributed by atoms with E-state index in [0.717, 1.165) is 15.4 Å². The van der Waals surface area contributed by atoms with E-state index < -0.39 is 28.5 Å². The van der Waals surface area contributed by atoms with Crippen molar-refractivity contribution in [1.29, 1.82) is 0 Å². The van der Waals surface area contributed by atoms with Gasteiger partial charge in [-0.2, -0.15) is 0 Å². The summed E-state index contributed by atoms with van der Waals surface area (Å²) in [5, 5.41) is 3.02. The largest absolute Gasteiger partial charge is 0.357 e. The quantitative estimate of drug-likeness (QED) is 0.449. The first-order valence-electron chi connectivity index (χ1n) is 11.4. The molecule has 1 atom stereocenters. The number of hydrogen-bond donors (Lipinski definition) is 1. The second-order valence-electron chi connectivity index (χ2n) is 8.55. The molecule has 36 heavy (non-hydrogen) atoms. The minimum Gasteiger partial charge on any atom is -0.357 e.